The molecule has 0 saturated carbocycles. The van der Waals surface area contributed by atoms with Crippen LogP contribution in [-0.4, -0.2) is 88.3 Å². The van der Waals surface area contributed by atoms with Gasteiger partial charge in [0.25, 0.3) is 0 Å². The van der Waals surface area contributed by atoms with Crippen LogP contribution in [-0.2, 0) is 23.5 Å². The van der Waals surface area contributed by atoms with Gasteiger partial charge in [0.1, 0.15) is 17.1 Å². The Bertz CT molecular complexity index is 1550. The van der Waals surface area contributed by atoms with E-state index in [-0.39, 0.29) is 31.1 Å². The molecule has 0 amide bonds. The van der Waals surface area contributed by atoms with E-state index in [0.717, 1.165) is 35.4 Å². The van der Waals surface area contributed by atoms with Gasteiger partial charge in [0.15, 0.2) is 4.64 Å². The third-order valence-electron chi connectivity index (χ3n) is 6.02. The number of aromatic amines is 1. The summed E-state index contributed by atoms with van der Waals surface area (Å²) in [7, 11) is -2.21. The first-order valence-electron chi connectivity index (χ1n) is 13.9. The molecule has 1 aliphatic rings. The highest BCUT2D eigenvalue weighted by Crippen LogP contribution is 2.33. The van der Waals surface area contributed by atoms with Gasteiger partial charge in [-0.3, -0.25) is 9.58 Å². The SMILES string of the molecule is [2H]C([2H])(O)C([2H])([2H])N1CCN(S(=O)(=O)c2ccc(OCCC)c(-c3nc(=S)c4c([nH]3)c(CCC)nn4C)c2)CC1. The van der Waals surface area contributed by atoms with Crippen LogP contribution in [0.3, 0.4) is 0 Å². The number of nitrogens with one attached hydrogen (secondary N) is 1. The van der Waals surface area contributed by atoms with E-state index in [2.05, 4.69) is 22.0 Å². The van der Waals surface area contributed by atoms with E-state index in [9.17, 15) is 13.5 Å². The summed E-state index contributed by atoms with van der Waals surface area (Å²) < 4.78 is 67.2. The summed E-state index contributed by atoms with van der Waals surface area (Å²) in [5.41, 5.74) is 2.69. The molecule has 1 aliphatic heterocycles. The van der Waals surface area contributed by atoms with Crippen LogP contribution in [0.15, 0.2) is 23.1 Å². The number of sulfonamides is 1. The van der Waals surface area contributed by atoms with Crippen molar-refractivity contribution in [3.8, 4) is 17.1 Å². The number of nitrogens with zero attached hydrogens (tertiary/aromatic N) is 5. The number of H-pyrrole nitrogens is 1. The van der Waals surface area contributed by atoms with Crippen LogP contribution in [0, 0.1) is 4.64 Å². The van der Waals surface area contributed by atoms with Crippen LogP contribution in [0.2, 0.25) is 0 Å². The highest BCUT2D eigenvalue weighted by Gasteiger charge is 2.29. The number of aryl methyl sites for hydroxylation is 2. The van der Waals surface area contributed by atoms with Crippen molar-refractivity contribution in [3.05, 3.63) is 28.5 Å². The maximum atomic E-state index is 13.7. The number of fused-ring (bicyclic) bond motifs is 1. The maximum absolute atomic E-state index is 13.7. The van der Waals surface area contributed by atoms with E-state index in [1.54, 1.807) is 17.8 Å². The van der Waals surface area contributed by atoms with Gasteiger partial charge in [0.2, 0.25) is 10.0 Å². The first kappa shape index (κ1) is 21.7. The first-order valence-corrected chi connectivity index (χ1v) is 13.8. The van der Waals surface area contributed by atoms with Crippen LogP contribution in [0.25, 0.3) is 22.4 Å². The van der Waals surface area contributed by atoms with Crippen molar-refractivity contribution in [2.75, 3.05) is 45.8 Å². The van der Waals surface area contributed by atoms with Crippen LogP contribution in [0.4, 0.5) is 0 Å². The standard InChI is InChI=1S/C24H34N6O4S2/c1-4-6-19-21-22(28(3)27-19)24(35)26-23(25-21)18-16-17(7-8-20(18)34-15-5-2)36(32,33)30-11-9-29(10-12-30)13-14-31/h7-8,16,31H,4-6,9-15H2,1-3H3,(H,25,26,35)/i13D2,14D2. The molecule has 1 aromatic carbocycles. The van der Waals surface area contributed by atoms with E-state index in [4.69, 9.17) is 22.4 Å². The summed E-state index contributed by atoms with van der Waals surface area (Å²) in [5, 5.41) is 14.2. The average molecular weight is 539 g/mol. The fourth-order valence-corrected chi connectivity index (χ4v) is 6.02. The summed E-state index contributed by atoms with van der Waals surface area (Å²) in [4.78, 5) is 8.99. The minimum atomic E-state index is -4.01. The molecule has 0 radical (unpaired) electrons. The van der Waals surface area contributed by atoms with Gasteiger partial charge < -0.3 is 14.8 Å². The summed E-state index contributed by atoms with van der Waals surface area (Å²) in [6, 6.07) is 4.54. The summed E-state index contributed by atoms with van der Waals surface area (Å²) in [6.07, 6.45) is 2.34. The van der Waals surface area contributed by atoms with Crippen molar-refractivity contribution in [2.24, 2.45) is 7.05 Å². The number of piperazine rings is 1. The van der Waals surface area contributed by atoms with Gasteiger partial charge >= 0.3 is 0 Å². The van der Waals surface area contributed by atoms with Gasteiger partial charge in [-0.2, -0.15) is 9.40 Å². The Morgan fingerprint density at radius 2 is 1.97 bits per heavy atom. The third-order valence-corrected chi connectivity index (χ3v) is 8.20. The fraction of sp³-hybridized carbons (Fsp3) is 0.542. The molecule has 0 bridgehead atoms. The molecule has 0 unspecified atom stereocenters. The van der Waals surface area contributed by atoms with Gasteiger partial charge in [-0.1, -0.05) is 32.5 Å². The molecule has 4 rings (SSSR count). The highest BCUT2D eigenvalue weighted by molar-refractivity contribution is 7.89. The zero-order valence-electron chi connectivity index (χ0n) is 24.6. The van der Waals surface area contributed by atoms with Gasteiger partial charge in [0, 0.05) is 42.5 Å². The Morgan fingerprint density at radius 1 is 1.22 bits per heavy atom. The second-order valence-electron chi connectivity index (χ2n) is 8.56. The Morgan fingerprint density at radius 3 is 2.64 bits per heavy atom. The molecule has 0 aliphatic carbocycles. The number of ether oxygens (including phenoxy) is 1. The van der Waals surface area contributed by atoms with Crippen molar-refractivity contribution in [2.45, 2.75) is 38.0 Å². The predicted octanol–water partition coefficient (Wildman–Crippen LogP) is 2.73. The molecule has 12 heteroatoms. The van der Waals surface area contributed by atoms with Crippen LogP contribution < -0.4 is 4.74 Å². The molecule has 0 spiro atoms. The normalized spacial score (nSPS) is 18.0. The quantitative estimate of drug-likeness (QED) is 0.379. The van der Waals surface area contributed by atoms with E-state index in [1.165, 1.54) is 16.4 Å². The lowest BCUT2D eigenvalue weighted by molar-refractivity contribution is 0.151. The van der Waals surface area contributed by atoms with Crippen molar-refractivity contribution in [1.29, 1.82) is 0 Å². The summed E-state index contributed by atoms with van der Waals surface area (Å²) in [5.74, 6) is 0.802. The van der Waals surface area contributed by atoms with Crippen LogP contribution in [0.1, 0.15) is 37.9 Å². The van der Waals surface area contributed by atoms with Crippen molar-refractivity contribution in [3.63, 3.8) is 0 Å². The second kappa shape index (κ2) is 11.3. The number of hydrogen-bond donors (Lipinski definition) is 2. The second-order valence-corrected chi connectivity index (χ2v) is 10.9. The Kier molecular flexibility index (Phi) is 6.83. The minimum absolute atomic E-state index is 0.00137. The Labute approximate surface area is 222 Å². The molecule has 2 aromatic heterocycles. The number of aromatic nitrogens is 4. The van der Waals surface area contributed by atoms with E-state index in [0.29, 0.717) is 33.9 Å². The molecule has 3 aromatic rings. The summed E-state index contributed by atoms with van der Waals surface area (Å²) >= 11 is 5.59. The largest absolute Gasteiger partial charge is 0.493 e. The lowest BCUT2D eigenvalue weighted by atomic mass is 10.1. The van der Waals surface area contributed by atoms with Gasteiger partial charge in [-0.05, 0) is 31.0 Å². The maximum Gasteiger partial charge on any atom is 0.243 e. The molecule has 196 valence electrons. The molecule has 1 fully saturated rings. The fourth-order valence-electron chi connectivity index (χ4n) is 4.25. The van der Waals surface area contributed by atoms with Crippen LogP contribution in [0.5, 0.6) is 5.75 Å². The third kappa shape index (κ3) is 5.32. The van der Waals surface area contributed by atoms with Gasteiger partial charge in [-0.15, -0.1) is 0 Å². The van der Waals surface area contributed by atoms with Crippen LogP contribution >= 0.6 is 12.2 Å². The summed E-state index contributed by atoms with van der Waals surface area (Å²) in [6.45, 7) is -1.68. The van der Waals surface area contributed by atoms with Crippen molar-refractivity contribution < 1.29 is 23.7 Å². The molecule has 2 N–H and O–H groups in total. The molecular formula is C24H34N6O4S2. The van der Waals surface area contributed by atoms with E-state index < -0.39 is 23.1 Å². The minimum Gasteiger partial charge on any atom is -0.493 e. The number of aliphatic hydroxyl groups is 1. The number of hydrogen-bond acceptors (Lipinski definition) is 8. The molecule has 10 nitrogen and oxygen atoms in total. The smallest absolute Gasteiger partial charge is 0.243 e. The van der Waals surface area contributed by atoms with E-state index in [1.807, 2.05) is 6.92 Å². The zero-order valence-corrected chi connectivity index (χ0v) is 22.2. The number of β-amino-alcohol motifs (C(OH)–C–C–N with tert-alkyl or cyclic N) is 1. The van der Waals surface area contributed by atoms with E-state index >= 15 is 0 Å². The average Bonchev–Trinajstić information content (AvgIpc) is 3.22. The molecule has 3 heterocycles. The van der Waals surface area contributed by atoms with Gasteiger partial charge in [0.05, 0.1) is 37.6 Å². The zero-order chi connectivity index (χ0) is 29.5. The molecule has 1 saturated heterocycles. The number of rotatable bonds is 10. The molecule has 0 atom stereocenters. The Balaban J connectivity index is 1.73. The van der Waals surface area contributed by atoms with Crippen molar-refractivity contribution >= 4 is 33.3 Å². The van der Waals surface area contributed by atoms with Gasteiger partial charge in [-0.25, -0.2) is 13.4 Å². The molecule has 36 heavy (non-hydrogen) atoms. The number of benzene rings is 1. The van der Waals surface area contributed by atoms with Crippen molar-refractivity contribution in [1.82, 2.24) is 29.0 Å². The topological polar surface area (TPSA) is 117 Å². The highest BCUT2D eigenvalue weighted by atomic mass is 32.2. The monoisotopic (exact) mass is 538 g/mol. The first-order chi connectivity index (χ1) is 18.7. The Hall–Kier alpha value is -2.38. The lowest BCUT2D eigenvalue weighted by Gasteiger charge is -2.33. The lowest BCUT2D eigenvalue weighted by Crippen LogP contribution is -2.49. The predicted molar refractivity (Wildman–Crippen MR) is 141 cm³/mol. The molecular weight excluding hydrogens is 500 g/mol.